The lowest BCUT2D eigenvalue weighted by atomic mass is 10.1. The fraction of sp³-hybridized carbons (Fsp3) is 0.111. The Hall–Kier alpha value is -2.23. The largest absolute Gasteiger partial charge is 0.290 e. The van der Waals surface area contributed by atoms with Crippen LogP contribution in [0.3, 0.4) is 0 Å². The van der Waals surface area contributed by atoms with Gasteiger partial charge in [-0.15, -0.1) is 0 Å². The molecule has 0 aromatic heterocycles. The fourth-order valence-corrected chi connectivity index (χ4v) is 1.81. The molecule has 1 heterocycles. The molecule has 100 valence electrons. The first-order valence-corrected chi connectivity index (χ1v) is 5.32. The maximum Gasteiger partial charge on any atom is 0.269 e. The van der Waals surface area contributed by atoms with Crippen molar-refractivity contribution in [3.05, 3.63) is 38.9 Å². The zero-order valence-electron chi connectivity index (χ0n) is 9.24. The highest BCUT2D eigenvalue weighted by atomic mass is 35.5. The van der Waals surface area contributed by atoms with E-state index in [0.29, 0.717) is 5.06 Å². The van der Waals surface area contributed by atoms with Crippen LogP contribution in [0, 0.1) is 15.5 Å². The molecule has 0 bridgehead atoms. The molecule has 1 aromatic rings. The van der Waals surface area contributed by atoms with Crippen molar-refractivity contribution in [1.29, 1.82) is 5.41 Å². The van der Waals surface area contributed by atoms with E-state index in [9.17, 15) is 15.3 Å². The Labute approximate surface area is 111 Å². The van der Waals surface area contributed by atoms with Gasteiger partial charge in [-0.25, -0.2) is 15.5 Å². The summed E-state index contributed by atoms with van der Waals surface area (Å²) < 4.78 is 0. The summed E-state index contributed by atoms with van der Waals surface area (Å²) in [6, 6.07) is 3.66. The lowest BCUT2D eigenvalue weighted by Crippen LogP contribution is -2.33. The molecule has 4 N–H and O–H groups in total. The highest BCUT2D eigenvalue weighted by Gasteiger charge is 2.33. The van der Waals surface area contributed by atoms with E-state index in [4.69, 9.17) is 22.2 Å². The van der Waals surface area contributed by atoms with E-state index >= 15 is 0 Å². The smallest absolute Gasteiger partial charge is 0.269 e. The number of rotatable bonds is 2. The molecule has 1 unspecified atom stereocenters. The van der Waals surface area contributed by atoms with E-state index in [1.54, 1.807) is 5.48 Å². The Morgan fingerprint density at radius 1 is 1.58 bits per heavy atom. The Kier molecular flexibility index (Phi) is 3.34. The second kappa shape index (κ2) is 4.80. The molecule has 1 atom stereocenters. The Morgan fingerprint density at radius 2 is 2.26 bits per heavy atom. The topological polar surface area (TPSA) is 135 Å². The summed E-state index contributed by atoms with van der Waals surface area (Å²) in [5.74, 6) is -0.745. The summed E-state index contributed by atoms with van der Waals surface area (Å²) >= 11 is 5.90. The molecule has 0 spiro atoms. The van der Waals surface area contributed by atoms with Gasteiger partial charge in [0.25, 0.3) is 5.69 Å². The van der Waals surface area contributed by atoms with Crippen LogP contribution < -0.4 is 5.48 Å². The molecule has 1 aromatic carbocycles. The zero-order valence-corrected chi connectivity index (χ0v) is 10.00. The fourth-order valence-electron chi connectivity index (χ4n) is 1.59. The number of nitrogens with one attached hydrogen (secondary N) is 2. The number of benzene rings is 1. The number of aliphatic imine (C=N–C) groups is 1. The summed E-state index contributed by atoms with van der Waals surface area (Å²) in [6.45, 7) is 0. The number of hydrogen-bond donors (Lipinski definition) is 4. The number of nitrogens with zero attached hydrogens (tertiary/aromatic N) is 3. The number of hydrogen-bond acceptors (Lipinski definition) is 7. The van der Waals surface area contributed by atoms with Crippen molar-refractivity contribution in [3.63, 3.8) is 0 Å². The lowest BCUT2D eigenvalue weighted by molar-refractivity contribution is -0.385. The average Bonchev–Trinajstić information content (AvgIpc) is 2.66. The van der Waals surface area contributed by atoms with Crippen LogP contribution in [-0.2, 0) is 0 Å². The van der Waals surface area contributed by atoms with Gasteiger partial charge in [0.05, 0.1) is 4.92 Å². The van der Waals surface area contributed by atoms with Gasteiger partial charge in [0.15, 0.2) is 17.8 Å². The second-order valence-electron chi connectivity index (χ2n) is 3.62. The van der Waals surface area contributed by atoms with Crippen molar-refractivity contribution < 1.29 is 15.3 Å². The third kappa shape index (κ3) is 2.21. The second-order valence-corrected chi connectivity index (χ2v) is 4.03. The van der Waals surface area contributed by atoms with Crippen LogP contribution in [0.25, 0.3) is 0 Å². The van der Waals surface area contributed by atoms with E-state index in [-0.39, 0.29) is 22.1 Å². The molecule has 0 saturated carbocycles. The van der Waals surface area contributed by atoms with Gasteiger partial charge in [-0.05, 0) is 6.07 Å². The summed E-state index contributed by atoms with van der Waals surface area (Å²) in [4.78, 5) is 13.9. The van der Waals surface area contributed by atoms with Crippen molar-refractivity contribution in [2.75, 3.05) is 0 Å². The van der Waals surface area contributed by atoms with Crippen molar-refractivity contribution in [2.24, 2.45) is 4.99 Å². The quantitative estimate of drug-likeness (QED) is 0.478. The third-order valence-corrected chi connectivity index (χ3v) is 2.86. The molecule has 0 radical (unpaired) electrons. The molecule has 0 saturated heterocycles. The highest BCUT2D eigenvalue weighted by Crippen LogP contribution is 2.33. The molecule has 10 heteroatoms. The molecule has 9 nitrogen and oxygen atoms in total. The molecule has 1 aliphatic rings. The van der Waals surface area contributed by atoms with Crippen LogP contribution in [-0.4, -0.2) is 32.1 Å². The standard InChI is InChI=1S/C9H8ClN5O4/c10-6-2-1-4(15(18)19)3-5(6)9-12-8(13-16)7(11)14(9)17/h1-3,9,11,16-17H,(H,12,13). The number of nitro benzene ring substituents is 1. The Balaban J connectivity index is 2.47. The van der Waals surface area contributed by atoms with E-state index in [2.05, 4.69) is 4.99 Å². The number of halogens is 1. The van der Waals surface area contributed by atoms with Gasteiger partial charge in [-0.3, -0.25) is 25.9 Å². The van der Waals surface area contributed by atoms with Crippen LogP contribution >= 0.6 is 11.6 Å². The van der Waals surface area contributed by atoms with Crippen molar-refractivity contribution >= 4 is 29.0 Å². The minimum atomic E-state index is -1.13. The number of hydroxylamine groups is 3. The molecule has 2 rings (SSSR count). The van der Waals surface area contributed by atoms with Gasteiger partial charge in [0.1, 0.15) is 0 Å². The van der Waals surface area contributed by atoms with Gasteiger partial charge < -0.3 is 0 Å². The molecular weight excluding hydrogens is 278 g/mol. The van der Waals surface area contributed by atoms with E-state index < -0.39 is 16.9 Å². The third-order valence-electron chi connectivity index (χ3n) is 2.51. The summed E-state index contributed by atoms with van der Waals surface area (Å²) in [5.41, 5.74) is 1.57. The first-order valence-electron chi connectivity index (χ1n) is 4.94. The maximum atomic E-state index is 10.7. The van der Waals surface area contributed by atoms with Gasteiger partial charge in [-0.1, -0.05) is 11.6 Å². The molecule has 0 aliphatic carbocycles. The number of amidine groups is 2. The zero-order chi connectivity index (χ0) is 14.2. The minimum Gasteiger partial charge on any atom is -0.290 e. The van der Waals surface area contributed by atoms with E-state index in [0.717, 1.165) is 6.07 Å². The molecule has 0 amide bonds. The SMILES string of the molecule is N=C1C(NO)=NC(c2cc([N+](=O)[O-])ccc2Cl)N1O. The summed E-state index contributed by atoms with van der Waals surface area (Å²) in [6.07, 6.45) is -1.13. The highest BCUT2D eigenvalue weighted by molar-refractivity contribution is 6.40. The van der Waals surface area contributed by atoms with Crippen LogP contribution in [0.1, 0.15) is 11.7 Å². The summed E-state index contributed by atoms with van der Waals surface area (Å²) in [5, 5.41) is 37.1. The molecule has 0 fully saturated rings. The van der Waals surface area contributed by atoms with Gasteiger partial charge in [0, 0.05) is 22.7 Å². The summed E-state index contributed by atoms with van der Waals surface area (Å²) in [7, 11) is 0. The normalized spacial score (nSPS) is 18.5. The van der Waals surface area contributed by atoms with Crippen LogP contribution in [0.15, 0.2) is 23.2 Å². The first kappa shape index (κ1) is 13.2. The molecule has 1 aliphatic heterocycles. The van der Waals surface area contributed by atoms with E-state index in [1.165, 1.54) is 12.1 Å². The van der Waals surface area contributed by atoms with Gasteiger partial charge in [0.2, 0.25) is 0 Å². The molecular formula is C9H8ClN5O4. The minimum absolute atomic E-state index is 0.144. The van der Waals surface area contributed by atoms with Crippen molar-refractivity contribution in [1.82, 2.24) is 10.5 Å². The van der Waals surface area contributed by atoms with Crippen LogP contribution in [0.4, 0.5) is 5.69 Å². The first-order chi connectivity index (χ1) is 8.95. The lowest BCUT2D eigenvalue weighted by Gasteiger charge is -2.18. The maximum absolute atomic E-state index is 10.7. The van der Waals surface area contributed by atoms with Crippen LogP contribution in [0.5, 0.6) is 0 Å². The predicted octanol–water partition coefficient (Wildman–Crippen LogP) is 1.31. The number of non-ortho nitro benzene ring substituents is 1. The Bertz CT molecular complexity index is 590. The van der Waals surface area contributed by atoms with E-state index in [1.807, 2.05) is 0 Å². The Morgan fingerprint density at radius 3 is 2.79 bits per heavy atom. The number of nitro groups is 1. The average molecular weight is 286 g/mol. The van der Waals surface area contributed by atoms with Crippen molar-refractivity contribution in [3.8, 4) is 0 Å². The van der Waals surface area contributed by atoms with Crippen LogP contribution in [0.2, 0.25) is 5.02 Å². The van der Waals surface area contributed by atoms with Gasteiger partial charge >= 0.3 is 0 Å². The van der Waals surface area contributed by atoms with Crippen molar-refractivity contribution in [2.45, 2.75) is 6.17 Å². The predicted molar refractivity (Wildman–Crippen MR) is 64.6 cm³/mol. The monoisotopic (exact) mass is 285 g/mol. The molecule has 19 heavy (non-hydrogen) atoms. The van der Waals surface area contributed by atoms with Gasteiger partial charge in [-0.2, -0.15) is 0 Å².